The van der Waals surface area contributed by atoms with E-state index < -0.39 is 5.41 Å². The molecule has 96 valence electrons. The number of nitriles is 1. The Bertz CT molecular complexity index is 664. The van der Waals surface area contributed by atoms with Crippen LogP contribution >= 0.6 is 0 Å². The first-order valence-corrected chi connectivity index (χ1v) is 6.11. The predicted octanol–water partition coefficient (Wildman–Crippen LogP) is 2.86. The van der Waals surface area contributed by atoms with Crippen molar-refractivity contribution >= 4 is 11.5 Å². The Morgan fingerprint density at radius 3 is 2.79 bits per heavy atom. The number of aromatic nitrogens is 2. The molecule has 0 amide bonds. The molecule has 1 fully saturated rings. The second-order valence-electron chi connectivity index (χ2n) is 4.82. The topological polar surface area (TPSA) is 53.6 Å². The summed E-state index contributed by atoms with van der Waals surface area (Å²) < 4.78 is 15.7. The molecule has 0 radical (unpaired) electrons. The monoisotopic (exact) mass is 256 g/mol. The van der Waals surface area contributed by atoms with Gasteiger partial charge >= 0.3 is 0 Å². The van der Waals surface area contributed by atoms with Gasteiger partial charge in [0.15, 0.2) is 0 Å². The molecule has 0 atom stereocenters. The number of halogens is 1. The molecule has 19 heavy (non-hydrogen) atoms. The molecule has 3 rings (SSSR count). The van der Waals surface area contributed by atoms with Crippen LogP contribution in [-0.4, -0.2) is 9.78 Å². The molecule has 0 spiro atoms. The molecular formula is C14H13FN4. The average Bonchev–Trinajstić information content (AvgIpc) is 3.11. The largest absolute Gasteiger partial charge is 0.338 e. The molecule has 1 aromatic carbocycles. The third kappa shape index (κ3) is 1.85. The van der Waals surface area contributed by atoms with E-state index in [2.05, 4.69) is 16.5 Å². The van der Waals surface area contributed by atoms with Crippen LogP contribution in [0.5, 0.6) is 0 Å². The first kappa shape index (κ1) is 11.7. The number of anilines is 2. The van der Waals surface area contributed by atoms with Gasteiger partial charge in [-0.2, -0.15) is 10.4 Å². The molecule has 4 nitrogen and oxygen atoms in total. The zero-order valence-corrected chi connectivity index (χ0v) is 10.5. The minimum Gasteiger partial charge on any atom is -0.338 e. The average molecular weight is 256 g/mol. The van der Waals surface area contributed by atoms with Gasteiger partial charge in [0.25, 0.3) is 0 Å². The smallest absolute Gasteiger partial charge is 0.147 e. The van der Waals surface area contributed by atoms with E-state index in [4.69, 9.17) is 0 Å². The zero-order chi connectivity index (χ0) is 13.5. The van der Waals surface area contributed by atoms with Gasteiger partial charge in [-0.15, -0.1) is 0 Å². The van der Waals surface area contributed by atoms with E-state index in [1.54, 1.807) is 30.1 Å². The van der Waals surface area contributed by atoms with E-state index in [1.165, 1.54) is 6.07 Å². The normalized spacial score (nSPS) is 15.8. The molecule has 1 saturated carbocycles. The van der Waals surface area contributed by atoms with Crippen LogP contribution in [0.2, 0.25) is 0 Å². The zero-order valence-electron chi connectivity index (χ0n) is 10.5. The molecule has 0 aliphatic heterocycles. The van der Waals surface area contributed by atoms with E-state index >= 15 is 0 Å². The maximum atomic E-state index is 14.1. The van der Waals surface area contributed by atoms with Crippen molar-refractivity contribution in [3.8, 4) is 6.07 Å². The van der Waals surface area contributed by atoms with Gasteiger partial charge in [-0.05, 0) is 24.5 Å². The Morgan fingerprint density at radius 1 is 1.42 bits per heavy atom. The highest BCUT2D eigenvalue weighted by atomic mass is 19.1. The van der Waals surface area contributed by atoms with Gasteiger partial charge in [0.05, 0.1) is 23.4 Å². The van der Waals surface area contributed by atoms with Crippen molar-refractivity contribution in [1.82, 2.24) is 9.78 Å². The maximum Gasteiger partial charge on any atom is 0.147 e. The number of nitrogens with one attached hydrogen (secondary N) is 1. The molecule has 2 aromatic rings. The van der Waals surface area contributed by atoms with Crippen LogP contribution in [0.15, 0.2) is 30.5 Å². The van der Waals surface area contributed by atoms with E-state index in [0.29, 0.717) is 11.5 Å². The highest BCUT2D eigenvalue weighted by Crippen LogP contribution is 2.50. The van der Waals surface area contributed by atoms with Gasteiger partial charge in [-0.25, -0.2) is 4.39 Å². The van der Waals surface area contributed by atoms with Gasteiger partial charge in [0.1, 0.15) is 11.6 Å². The second-order valence-corrected chi connectivity index (χ2v) is 4.82. The summed E-state index contributed by atoms with van der Waals surface area (Å²) in [5.74, 6) is 0.348. The van der Waals surface area contributed by atoms with Crippen molar-refractivity contribution < 1.29 is 4.39 Å². The summed E-state index contributed by atoms with van der Waals surface area (Å²) in [5, 5.41) is 16.4. The molecule has 1 aliphatic carbocycles. The Morgan fingerprint density at radius 2 is 2.21 bits per heavy atom. The van der Waals surface area contributed by atoms with Crippen molar-refractivity contribution in [2.24, 2.45) is 7.05 Å². The highest BCUT2D eigenvalue weighted by Gasteiger charge is 2.46. The minimum absolute atomic E-state index is 0.347. The van der Waals surface area contributed by atoms with Crippen molar-refractivity contribution in [2.45, 2.75) is 18.3 Å². The lowest BCUT2D eigenvalue weighted by Gasteiger charge is -2.15. The fraction of sp³-hybridized carbons (Fsp3) is 0.286. The van der Waals surface area contributed by atoms with Crippen molar-refractivity contribution in [1.29, 1.82) is 5.26 Å². The SMILES string of the molecule is Cn1nccc1Nc1c(F)cccc1C1(C#N)CC1. The number of benzene rings is 1. The van der Waals surface area contributed by atoms with Crippen molar-refractivity contribution in [2.75, 3.05) is 5.32 Å². The summed E-state index contributed by atoms with van der Waals surface area (Å²) in [4.78, 5) is 0. The molecule has 1 heterocycles. The lowest BCUT2D eigenvalue weighted by Crippen LogP contribution is -2.10. The third-order valence-electron chi connectivity index (χ3n) is 3.57. The number of para-hydroxylation sites is 1. The molecule has 0 saturated heterocycles. The summed E-state index contributed by atoms with van der Waals surface area (Å²) in [6.07, 6.45) is 3.21. The first-order chi connectivity index (χ1) is 9.16. The van der Waals surface area contributed by atoms with Crippen LogP contribution in [-0.2, 0) is 12.5 Å². The number of rotatable bonds is 3. The van der Waals surface area contributed by atoms with Crippen LogP contribution in [0.3, 0.4) is 0 Å². The Hall–Kier alpha value is -2.35. The van der Waals surface area contributed by atoms with Gasteiger partial charge in [0.2, 0.25) is 0 Å². The first-order valence-electron chi connectivity index (χ1n) is 6.11. The molecule has 1 N–H and O–H groups in total. The Kier molecular flexibility index (Phi) is 2.53. The van der Waals surface area contributed by atoms with Gasteiger partial charge in [-0.3, -0.25) is 4.68 Å². The fourth-order valence-corrected chi connectivity index (χ4v) is 2.24. The Balaban J connectivity index is 2.06. The van der Waals surface area contributed by atoms with Crippen LogP contribution in [0.1, 0.15) is 18.4 Å². The highest BCUT2D eigenvalue weighted by molar-refractivity contribution is 5.66. The summed E-state index contributed by atoms with van der Waals surface area (Å²) in [7, 11) is 1.78. The summed E-state index contributed by atoms with van der Waals surface area (Å²) >= 11 is 0. The lowest BCUT2D eigenvalue weighted by molar-refractivity contribution is 0.627. The number of aryl methyl sites for hydroxylation is 1. The molecule has 0 bridgehead atoms. The lowest BCUT2D eigenvalue weighted by atomic mass is 9.95. The van der Waals surface area contributed by atoms with Crippen molar-refractivity contribution in [3.63, 3.8) is 0 Å². The summed E-state index contributed by atoms with van der Waals surface area (Å²) in [6, 6.07) is 8.93. The maximum absolute atomic E-state index is 14.1. The van der Waals surface area contributed by atoms with Crippen LogP contribution < -0.4 is 5.32 Å². The van der Waals surface area contributed by atoms with Gasteiger partial charge < -0.3 is 5.32 Å². The molecule has 1 aliphatic rings. The molecule has 0 unspecified atom stereocenters. The van der Waals surface area contributed by atoms with Crippen molar-refractivity contribution in [3.05, 3.63) is 41.8 Å². The number of hydrogen-bond acceptors (Lipinski definition) is 3. The van der Waals surface area contributed by atoms with Crippen LogP contribution in [0, 0.1) is 17.1 Å². The van der Waals surface area contributed by atoms with Gasteiger partial charge in [0, 0.05) is 13.1 Å². The number of nitrogens with zero attached hydrogens (tertiary/aromatic N) is 3. The van der Waals surface area contributed by atoms with E-state index in [0.717, 1.165) is 18.4 Å². The second kappa shape index (κ2) is 4.09. The van der Waals surface area contributed by atoms with E-state index in [1.807, 2.05) is 6.07 Å². The van der Waals surface area contributed by atoms with E-state index in [9.17, 15) is 9.65 Å². The molecule has 1 aromatic heterocycles. The summed E-state index contributed by atoms with van der Waals surface area (Å²) in [6.45, 7) is 0. The Labute approximate surface area is 110 Å². The predicted molar refractivity (Wildman–Crippen MR) is 69.4 cm³/mol. The van der Waals surface area contributed by atoms with Gasteiger partial charge in [-0.1, -0.05) is 12.1 Å². The standard InChI is InChI=1S/C14H13FN4/c1-19-12(5-8-17-19)18-13-10(3-2-4-11(13)15)14(9-16)6-7-14/h2-5,8,18H,6-7H2,1H3. The van der Waals surface area contributed by atoms with E-state index in [-0.39, 0.29) is 5.82 Å². The summed E-state index contributed by atoms with van der Waals surface area (Å²) in [5.41, 5.74) is 0.588. The number of hydrogen-bond donors (Lipinski definition) is 1. The minimum atomic E-state index is -0.525. The third-order valence-corrected chi connectivity index (χ3v) is 3.57. The fourth-order valence-electron chi connectivity index (χ4n) is 2.24. The van der Waals surface area contributed by atoms with Crippen LogP contribution in [0.4, 0.5) is 15.9 Å². The molecular weight excluding hydrogens is 243 g/mol. The molecule has 5 heteroatoms. The quantitative estimate of drug-likeness (QED) is 0.918. The van der Waals surface area contributed by atoms with Crippen LogP contribution in [0.25, 0.3) is 0 Å².